The number of carbonyl (C=O) groups is 2. The lowest BCUT2D eigenvalue weighted by atomic mass is 10.00. The minimum atomic E-state index is -2.33. The standard InChI is InChI=1S/C29H40Cl2N4O3S/c1-19(2)13-26(28(36)33-16-20-9-10-24(30)25(31)14-20)34-12-11-22(35-17-21(32)15-27(35)29(34)37)18-39(3,38)23-7-5-4-6-8-23/h4-10,14,19,21-22,26-27,38H,11-13,15-18,32H2,1-3H3,(H,33,36)/p-1/t21-,22?,26-,27+/m1/s1. The number of hydrogen-bond acceptors (Lipinski definition) is 5. The molecule has 39 heavy (non-hydrogen) atoms. The van der Waals surface area contributed by atoms with Crippen LogP contribution in [-0.4, -0.2) is 75.4 Å². The van der Waals surface area contributed by atoms with Gasteiger partial charge in [-0.05, 0) is 59.8 Å². The summed E-state index contributed by atoms with van der Waals surface area (Å²) in [6, 6.07) is 13.5. The van der Waals surface area contributed by atoms with Crippen molar-refractivity contribution in [3.05, 3.63) is 64.1 Å². The fourth-order valence-electron chi connectivity index (χ4n) is 5.74. The number of halogens is 2. The molecule has 4 rings (SSSR count). The first-order valence-electron chi connectivity index (χ1n) is 13.5. The van der Waals surface area contributed by atoms with Crippen molar-refractivity contribution in [1.29, 1.82) is 0 Å². The molecular weight excluding hydrogens is 555 g/mol. The number of nitrogens with one attached hydrogen (secondary N) is 1. The van der Waals surface area contributed by atoms with Gasteiger partial charge in [0.25, 0.3) is 0 Å². The Morgan fingerprint density at radius 3 is 2.56 bits per heavy atom. The summed E-state index contributed by atoms with van der Waals surface area (Å²) >= 11 is 12.2. The summed E-state index contributed by atoms with van der Waals surface area (Å²) in [5.74, 6) is 0.383. The lowest BCUT2D eigenvalue weighted by Gasteiger charge is -2.48. The van der Waals surface area contributed by atoms with Crippen LogP contribution in [0.3, 0.4) is 0 Å². The molecule has 0 aliphatic carbocycles. The summed E-state index contributed by atoms with van der Waals surface area (Å²) in [6.45, 7) is 5.39. The predicted molar refractivity (Wildman–Crippen MR) is 159 cm³/mol. The second kappa shape index (κ2) is 12.8. The van der Waals surface area contributed by atoms with Gasteiger partial charge in [0.2, 0.25) is 11.8 Å². The molecule has 2 fully saturated rings. The van der Waals surface area contributed by atoms with Crippen LogP contribution in [0.15, 0.2) is 53.4 Å². The first-order chi connectivity index (χ1) is 18.5. The molecule has 2 heterocycles. The first-order valence-corrected chi connectivity index (χ1v) is 16.4. The van der Waals surface area contributed by atoms with E-state index in [0.717, 1.165) is 10.5 Å². The van der Waals surface area contributed by atoms with E-state index in [1.54, 1.807) is 23.3 Å². The van der Waals surface area contributed by atoms with Crippen molar-refractivity contribution in [2.24, 2.45) is 11.7 Å². The number of nitrogens with zero attached hydrogens (tertiary/aromatic N) is 2. The molecule has 214 valence electrons. The van der Waals surface area contributed by atoms with Crippen LogP contribution in [0.25, 0.3) is 0 Å². The van der Waals surface area contributed by atoms with Crippen LogP contribution in [0.4, 0.5) is 0 Å². The van der Waals surface area contributed by atoms with Crippen molar-refractivity contribution < 1.29 is 14.1 Å². The smallest absolute Gasteiger partial charge is 0.243 e. The Bertz CT molecular complexity index is 1170. The number of fused-ring (bicyclic) bond motifs is 1. The molecule has 2 aromatic rings. The van der Waals surface area contributed by atoms with Gasteiger partial charge in [0.1, 0.15) is 6.04 Å². The second-order valence-corrected chi connectivity index (χ2v) is 14.9. The molecule has 2 saturated heterocycles. The predicted octanol–water partition coefficient (Wildman–Crippen LogP) is 4.65. The quantitative estimate of drug-likeness (QED) is 0.440. The molecule has 3 N–H and O–H groups in total. The van der Waals surface area contributed by atoms with Gasteiger partial charge in [-0.25, -0.2) is 0 Å². The summed E-state index contributed by atoms with van der Waals surface area (Å²) < 4.78 is 13.8. The molecule has 0 aromatic heterocycles. The summed E-state index contributed by atoms with van der Waals surface area (Å²) in [7, 11) is -2.33. The van der Waals surface area contributed by atoms with Gasteiger partial charge in [-0.1, -0.05) is 73.4 Å². The van der Waals surface area contributed by atoms with Crippen LogP contribution < -0.4 is 11.1 Å². The highest BCUT2D eigenvalue weighted by atomic mass is 35.5. The van der Waals surface area contributed by atoms with Crippen molar-refractivity contribution in [2.75, 3.05) is 25.1 Å². The molecule has 5 atom stereocenters. The topological polar surface area (TPSA) is 102 Å². The molecule has 2 aliphatic heterocycles. The van der Waals surface area contributed by atoms with Crippen molar-refractivity contribution >= 4 is 45.3 Å². The Morgan fingerprint density at radius 1 is 1.18 bits per heavy atom. The van der Waals surface area contributed by atoms with Gasteiger partial charge in [-0.15, -0.1) is 0 Å². The van der Waals surface area contributed by atoms with E-state index in [2.05, 4.69) is 10.2 Å². The van der Waals surface area contributed by atoms with E-state index in [9.17, 15) is 14.1 Å². The number of hydrogen-bond donors (Lipinski definition) is 2. The van der Waals surface area contributed by atoms with E-state index in [1.165, 1.54) is 0 Å². The lowest BCUT2D eigenvalue weighted by molar-refractivity contribution is -0.143. The Labute approximate surface area is 243 Å². The summed E-state index contributed by atoms with van der Waals surface area (Å²) in [5, 5.41) is 3.89. The maximum atomic E-state index is 14.0. The van der Waals surface area contributed by atoms with Crippen LogP contribution in [0.5, 0.6) is 0 Å². The van der Waals surface area contributed by atoms with Crippen LogP contribution in [0.1, 0.15) is 38.7 Å². The third-order valence-corrected chi connectivity index (χ3v) is 10.7. The van der Waals surface area contributed by atoms with Crippen LogP contribution in [0.2, 0.25) is 10.0 Å². The molecule has 2 aliphatic rings. The summed E-state index contributed by atoms with van der Waals surface area (Å²) in [5.41, 5.74) is 7.19. The van der Waals surface area contributed by atoms with Gasteiger partial charge < -0.3 is 20.5 Å². The van der Waals surface area contributed by atoms with Crippen molar-refractivity contribution in [3.8, 4) is 0 Å². The van der Waals surface area contributed by atoms with Gasteiger partial charge in [0, 0.05) is 31.7 Å². The molecule has 0 radical (unpaired) electrons. The van der Waals surface area contributed by atoms with E-state index in [-0.39, 0.29) is 36.4 Å². The van der Waals surface area contributed by atoms with Gasteiger partial charge >= 0.3 is 0 Å². The minimum Gasteiger partial charge on any atom is -0.808 e. The third kappa shape index (κ3) is 7.29. The molecule has 2 amide bonds. The number of benzene rings is 2. The monoisotopic (exact) mass is 593 g/mol. The lowest BCUT2D eigenvalue weighted by Crippen LogP contribution is -2.53. The largest absolute Gasteiger partial charge is 0.808 e. The van der Waals surface area contributed by atoms with E-state index >= 15 is 0 Å². The number of rotatable bonds is 9. The first kappa shape index (κ1) is 30.2. The fraction of sp³-hybridized carbons (Fsp3) is 0.517. The fourth-order valence-corrected chi connectivity index (χ4v) is 8.07. The van der Waals surface area contributed by atoms with Crippen LogP contribution in [-0.2, 0) is 16.1 Å². The molecule has 7 nitrogen and oxygen atoms in total. The Balaban J connectivity index is 1.55. The Kier molecular flexibility index (Phi) is 9.89. The maximum Gasteiger partial charge on any atom is 0.243 e. The highest BCUT2D eigenvalue weighted by molar-refractivity contribution is 8.28. The molecule has 10 heteroatoms. The molecule has 0 bridgehead atoms. The second-order valence-electron chi connectivity index (χ2n) is 11.3. The minimum absolute atomic E-state index is 0.0666. The van der Waals surface area contributed by atoms with Gasteiger partial charge in [0.15, 0.2) is 0 Å². The molecule has 0 saturated carbocycles. The number of carbonyl (C=O) groups excluding carboxylic acids is 2. The zero-order valence-electron chi connectivity index (χ0n) is 22.8. The third-order valence-electron chi connectivity index (χ3n) is 7.69. The van der Waals surface area contributed by atoms with Crippen molar-refractivity contribution in [3.63, 3.8) is 0 Å². The summed E-state index contributed by atoms with van der Waals surface area (Å²) in [6.07, 6.45) is 3.50. The van der Waals surface area contributed by atoms with E-state index < -0.39 is 22.4 Å². The average Bonchev–Trinajstić information content (AvgIpc) is 3.24. The zero-order valence-corrected chi connectivity index (χ0v) is 25.1. The van der Waals surface area contributed by atoms with Gasteiger partial charge in [-0.3, -0.25) is 24.8 Å². The van der Waals surface area contributed by atoms with Gasteiger partial charge in [0.05, 0.1) is 16.1 Å². The van der Waals surface area contributed by atoms with Crippen LogP contribution >= 0.6 is 33.5 Å². The molecule has 2 unspecified atom stereocenters. The molecule has 0 spiro atoms. The van der Waals surface area contributed by atoms with Gasteiger partial charge in [-0.2, -0.15) is 0 Å². The molecule has 2 aromatic carbocycles. The Hall–Kier alpha value is -1.81. The average molecular weight is 595 g/mol. The molecular formula is C29H39Cl2N4O3S-. The number of nitrogens with two attached hydrogens (primary N) is 1. The van der Waals surface area contributed by atoms with Crippen LogP contribution in [0, 0.1) is 5.92 Å². The van der Waals surface area contributed by atoms with E-state index in [4.69, 9.17) is 28.9 Å². The zero-order chi connectivity index (χ0) is 28.3. The van der Waals surface area contributed by atoms with Crippen molar-refractivity contribution in [2.45, 2.75) is 68.7 Å². The highest BCUT2D eigenvalue weighted by Gasteiger charge is 2.46. The highest BCUT2D eigenvalue weighted by Crippen LogP contribution is 2.50. The number of amides is 2. The Morgan fingerprint density at radius 2 is 1.90 bits per heavy atom. The SMILES string of the molecule is CC(C)C[C@H](C(=O)NCc1ccc(Cl)c(Cl)c1)N1CCC(CS(C)([O-])c2ccccc2)N2C[C@H](N)C[C@H]2C1=O. The maximum absolute atomic E-state index is 14.0. The van der Waals surface area contributed by atoms with E-state index in [1.807, 2.05) is 50.2 Å². The van der Waals surface area contributed by atoms with Crippen molar-refractivity contribution in [1.82, 2.24) is 15.1 Å². The normalized spacial score (nSPS) is 25.1. The summed E-state index contributed by atoms with van der Waals surface area (Å²) in [4.78, 5) is 32.3. The van der Waals surface area contributed by atoms with E-state index in [0.29, 0.717) is 48.2 Å².